The first-order chi connectivity index (χ1) is 8.06. The third kappa shape index (κ3) is 2.29. The fraction of sp³-hybridized carbons (Fsp3) is 0.700. The molecular formula is C10H14N2O5. The summed E-state index contributed by atoms with van der Waals surface area (Å²) in [4.78, 5) is 35.1. The molecule has 7 heteroatoms. The van der Waals surface area contributed by atoms with Crippen LogP contribution in [0.1, 0.15) is 12.8 Å². The van der Waals surface area contributed by atoms with Crippen LogP contribution in [-0.4, -0.2) is 55.2 Å². The fourth-order valence-corrected chi connectivity index (χ4v) is 1.96. The number of rotatable bonds is 3. The molecule has 2 aliphatic heterocycles. The van der Waals surface area contributed by atoms with Crippen LogP contribution in [0, 0.1) is 0 Å². The molecule has 2 fully saturated rings. The van der Waals surface area contributed by atoms with Crippen molar-refractivity contribution in [2.24, 2.45) is 0 Å². The largest absolute Gasteiger partial charge is 0.378 e. The Hall–Kier alpha value is -1.47. The molecule has 4 amide bonds. The van der Waals surface area contributed by atoms with Gasteiger partial charge in [-0.2, -0.15) is 0 Å². The minimum Gasteiger partial charge on any atom is -0.378 e. The number of imide groups is 2. The van der Waals surface area contributed by atoms with Crippen LogP contribution in [0.4, 0.5) is 4.79 Å². The summed E-state index contributed by atoms with van der Waals surface area (Å²) in [6, 6.07) is -0.686. The zero-order valence-corrected chi connectivity index (χ0v) is 9.52. The Morgan fingerprint density at radius 3 is 2.76 bits per heavy atom. The summed E-state index contributed by atoms with van der Waals surface area (Å²) < 4.78 is 10.6. The second kappa shape index (κ2) is 4.42. The Bertz CT molecular complexity index is 342. The highest BCUT2D eigenvalue weighted by Gasteiger charge is 2.42. The van der Waals surface area contributed by atoms with Crippen LogP contribution in [0.3, 0.4) is 0 Å². The van der Waals surface area contributed by atoms with Gasteiger partial charge >= 0.3 is 6.03 Å². The van der Waals surface area contributed by atoms with Gasteiger partial charge in [-0.3, -0.25) is 19.8 Å². The van der Waals surface area contributed by atoms with Gasteiger partial charge in [0.15, 0.2) is 0 Å². The van der Waals surface area contributed by atoms with Crippen LogP contribution in [0.25, 0.3) is 0 Å². The van der Waals surface area contributed by atoms with Gasteiger partial charge in [0.1, 0.15) is 12.0 Å². The molecule has 0 radical (unpaired) electrons. The highest BCUT2D eigenvalue weighted by molar-refractivity contribution is 6.14. The molecule has 1 unspecified atom stereocenters. The number of carbonyl (C=O) groups excluding carboxylic acids is 3. The average Bonchev–Trinajstić information content (AvgIpc) is 2.73. The van der Waals surface area contributed by atoms with Crippen molar-refractivity contribution in [3.63, 3.8) is 0 Å². The molecule has 0 bridgehead atoms. The van der Waals surface area contributed by atoms with Crippen molar-refractivity contribution in [2.75, 3.05) is 26.9 Å². The maximum atomic E-state index is 11.6. The number of ether oxygens (including phenoxy) is 2. The van der Waals surface area contributed by atoms with Gasteiger partial charge in [-0.1, -0.05) is 0 Å². The molecule has 0 aromatic heterocycles. The van der Waals surface area contributed by atoms with E-state index in [0.717, 1.165) is 4.90 Å². The lowest BCUT2D eigenvalue weighted by molar-refractivity contribution is -0.139. The summed E-state index contributed by atoms with van der Waals surface area (Å²) in [6.45, 7) is 0.992. The van der Waals surface area contributed by atoms with E-state index in [1.165, 1.54) is 7.11 Å². The van der Waals surface area contributed by atoms with E-state index < -0.39 is 23.4 Å². The summed E-state index contributed by atoms with van der Waals surface area (Å²) >= 11 is 0. The molecule has 1 atom stereocenters. The smallest absolute Gasteiger partial charge is 0.330 e. The molecule has 2 saturated heterocycles. The number of amides is 4. The summed E-state index contributed by atoms with van der Waals surface area (Å²) in [5.74, 6) is -1.06. The van der Waals surface area contributed by atoms with Gasteiger partial charge < -0.3 is 9.47 Å². The number of nitrogens with zero attached hydrogens (tertiary/aromatic N) is 1. The van der Waals surface area contributed by atoms with Gasteiger partial charge in [0.05, 0.1) is 13.2 Å². The molecule has 2 rings (SSSR count). The van der Waals surface area contributed by atoms with E-state index in [4.69, 9.17) is 9.47 Å². The molecule has 0 saturated carbocycles. The summed E-state index contributed by atoms with van der Waals surface area (Å²) in [5.41, 5.74) is -0.645. The van der Waals surface area contributed by atoms with Gasteiger partial charge in [0.25, 0.3) is 0 Å². The number of hydrogen-bond donors (Lipinski definition) is 1. The van der Waals surface area contributed by atoms with Gasteiger partial charge in [-0.25, -0.2) is 4.79 Å². The molecule has 94 valence electrons. The number of nitrogens with one attached hydrogen (secondary N) is 1. The van der Waals surface area contributed by atoms with E-state index >= 15 is 0 Å². The van der Waals surface area contributed by atoms with Crippen LogP contribution in [-0.2, 0) is 19.1 Å². The highest BCUT2D eigenvalue weighted by atomic mass is 16.5. The van der Waals surface area contributed by atoms with E-state index in [2.05, 4.69) is 5.32 Å². The first-order valence-corrected chi connectivity index (χ1v) is 5.33. The van der Waals surface area contributed by atoms with Crippen molar-refractivity contribution in [3.8, 4) is 0 Å². The van der Waals surface area contributed by atoms with Crippen LogP contribution >= 0.6 is 0 Å². The molecule has 0 aromatic carbocycles. The number of hydrogen-bond acceptors (Lipinski definition) is 5. The zero-order chi connectivity index (χ0) is 12.5. The van der Waals surface area contributed by atoms with Crippen LogP contribution in [0.15, 0.2) is 0 Å². The molecule has 1 N–H and O–H groups in total. The number of methoxy groups -OCH3 is 1. The van der Waals surface area contributed by atoms with E-state index in [9.17, 15) is 14.4 Å². The number of carbonyl (C=O) groups is 3. The normalized spacial score (nSPS) is 29.7. The van der Waals surface area contributed by atoms with Crippen molar-refractivity contribution in [2.45, 2.75) is 18.4 Å². The quantitative estimate of drug-likeness (QED) is 0.659. The lowest BCUT2D eigenvalue weighted by Gasteiger charge is -2.33. The van der Waals surface area contributed by atoms with Crippen LogP contribution in [0.5, 0.6) is 0 Å². The van der Waals surface area contributed by atoms with Crippen molar-refractivity contribution < 1.29 is 23.9 Å². The lowest BCUT2D eigenvalue weighted by Crippen LogP contribution is -2.57. The molecular weight excluding hydrogens is 228 g/mol. The van der Waals surface area contributed by atoms with Crippen molar-refractivity contribution in [3.05, 3.63) is 0 Å². The lowest BCUT2D eigenvalue weighted by atomic mass is 10.0. The second-order valence-corrected chi connectivity index (χ2v) is 4.20. The van der Waals surface area contributed by atoms with E-state index in [1.807, 2.05) is 0 Å². The van der Waals surface area contributed by atoms with Crippen LogP contribution < -0.4 is 5.32 Å². The predicted molar refractivity (Wildman–Crippen MR) is 55.0 cm³/mol. The third-order valence-corrected chi connectivity index (χ3v) is 3.05. The molecule has 2 heterocycles. The van der Waals surface area contributed by atoms with Crippen LogP contribution in [0.2, 0.25) is 0 Å². The second-order valence-electron chi connectivity index (χ2n) is 4.20. The van der Waals surface area contributed by atoms with E-state index in [-0.39, 0.29) is 13.0 Å². The third-order valence-electron chi connectivity index (χ3n) is 3.05. The average molecular weight is 242 g/mol. The highest BCUT2D eigenvalue weighted by Crippen LogP contribution is 2.24. The molecule has 2 aliphatic rings. The Balaban J connectivity index is 2.09. The fourth-order valence-electron chi connectivity index (χ4n) is 1.96. The number of barbiturate groups is 1. The minimum atomic E-state index is -0.686. The monoisotopic (exact) mass is 242 g/mol. The Morgan fingerprint density at radius 2 is 2.24 bits per heavy atom. The van der Waals surface area contributed by atoms with Crippen molar-refractivity contribution >= 4 is 17.8 Å². The maximum Gasteiger partial charge on any atom is 0.330 e. The molecule has 0 spiro atoms. The summed E-state index contributed by atoms with van der Waals surface area (Å²) in [7, 11) is 1.52. The summed E-state index contributed by atoms with van der Waals surface area (Å²) in [5, 5.41) is 2.11. The van der Waals surface area contributed by atoms with Gasteiger partial charge in [0.2, 0.25) is 11.8 Å². The maximum absolute atomic E-state index is 11.6. The van der Waals surface area contributed by atoms with E-state index in [1.54, 1.807) is 0 Å². The molecule has 0 aliphatic carbocycles. The summed E-state index contributed by atoms with van der Waals surface area (Å²) in [6.07, 6.45) is 0.320. The SMILES string of the molecule is COC1(CN2C(=O)CC(=O)NC2=O)CCOC1. The molecule has 7 nitrogen and oxygen atoms in total. The first kappa shape index (κ1) is 12.0. The molecule has 0 aromatic rings. The van der Waals surface area contributed by atoms with Crippen molar-refractivity contribution in [1.29, 1.82) is 0 Å². The van der Waals surface area contributed by atoms with Gasteiger partial charge in [0, 0.05) is 20.1 Å². The Kier molecular flexibility index (Phi) is 3.12. The Labute approximate surface area is 98.0 Å². The van der Waals surface area contributed by atoms with E-state index in [0.29, 0.717) is 19.6 Å². The standard InChI is InChI=1S/C10H14N2O5/c1-16-10(2-3-17-6-10)5-12-8(14)4-7(13)11-9(12)15/h2-6H2,1H3,(H,11,13,15). The Morgan fingerprint density at radius 1 is 1.47 bits per heavy atom. The topological polar surface area (TPSA) is 84.9 Å². The van der Waals surface area contributed by atoms with Gasteiger partial charge in [-0.15, -0.1) is 0 Å². The zero-order valence-electron chi connectivity index (χ0n) is 9.52. The first-order valence-electron chi connectivity index (χ1n) is 5.33. The minimum absolute atomic E-state index is 0.113. The number of urea groups is 1. The van der Waals surface area contributed by atoms with Gasteiger partial charge in [-0.05, 0) is 0 Å². The predicted octanol–water partition coefficient (Wildman–Crippen LogP) is -0.740. The molecule has 17 heavy (non-hydrogen) atoms. The van der Waals surface area contributed by atoms with Crippen molar-refractivity contribution in [1.82, 2.24) is 10.2 Å².